The first-order valence-corrected chi connectivity index (χ1v) is 13.0. The van der Waals surface area contributed by atoms with E-state index in [9.17, 15) is 18.0 Å². The molecule has 0 amide bonds. The third kappa shape index (κ3) is 5.28. The normalized spacial score (nSPS) is 13.9. The highest BCUT2D eigenvalue weighted by molar-refractivity contribution is 7.89. The van der Waals surface area contributed by atoms with Crippen LogP contribution >= 0.6 is 0 Å². The lowest BCUT2D eigenvalue weighted by atomic mass is 10.0. The fourth-order valence-corrected chi connectivity index (χ4v) is 5.42. The first kappa shape index (κ1) is 24.6. The quantitative estimate of drug-likeness (QED) is 0.352. The number of hydrogen-bond acceptors (Lipinski definition) is 6. The van der Waals surface area contributed by atoms with Crippen LogP contribution in [0.1, 0.15) is 43.1 Å². The molecule has 0 spiro atoms. The zero-order valence-electron chi connectivity index (χ0n) is 19.6. The zero-order chi connectivity index (χ0) is 25.0. The van der Waals surface area contributed by atoms with Gasteiger partial charge in [0.1, 0.15) is 0 Å². The minimum Gasteiger partial charge on any atom is -0.465 e. The summed E-state index contributed by atoms with van der Waals surface area (Å²) in [5.41, 5.74) is 4.56. The maximum atomic E-state index is 13.5. The molecule has 1 N–H and O–H groups in total. The molecule has 0 aliphatic heterocycles. The molecule has 0 unspecified atom stereocenters. The molecule has 2 atom stereocenters. The molecule has 1 aliphatic carbocycles. The van der Waals surface area contributed by atoms with Crippen molar-refractivity contribution in [2.75, 3.05) is 6.61 Å². The second-order valence-electron chi connectivity index (χ2n) is 8.18. The van der Waals surface area contributed by atoms with E-state index in [0.717, 1.165) is 22.3 Å². The molecule has 35 heavy (non-hydrogen) atoms. The fourth-order valence-electron chi connectivity index (χ4n) is 4.19. The van der Waals surface area contributed by atoms with Gasteiger partial charge < -0.3 is 9.47 Å². The van der Waals surface area contributed by atoms with Gasteiger partial charge in [-0.25, -0.2) is 8.42 Å². The van der Waals surface area contributed by atoms with Crippen LogP contribution in [0.4, 0.5) is 0 Å². The number of benzene rings is 3. The summed E-state index contributed by atoms with van der Waals surface area (Å²) in [6.45, 7) is 3.28. The zero-order valence-corrected chi connectivity index (χ0v) is 20.4. The molecule has 0 heterocycles. The Morgan fingerprint density at radius 2 is 1.60 bits per heavy atom. The molecule has 4 rings (SSSR count). The summed E-state index contributed by atoms with van der Waals surface area (Å²) in [5, 5.41) is 0. The molecule has 8 heteroatoms. The second-order valence-corrected chi connectivity index (χ2v) is 9.89. The summed E-state index contributed by atoms with van der Waals surface area (Å²) in [6.07, 6.45) is -0.510. The second kappa shape index (κ2) is 10.4. The van der Waals surface area contributed by atoms with Crippen LogP contribution in [0.3, 0.4) is 0 Å². The highest BCUT2D eigenvalue weighted by Crippen LogP contribution is 2.37. The third-order valence-corrected chi connectivity index (χ3v) is 7.31. The molecule has 0 saturated heterocycles. The Kier molecular flexibility index (Phi) is 7.33. The van der Waals surface area contributed by atoms with Gasteiger partial charge in [-0.05, 0) is 53.3 Å². The van der Waals surface area contributed by atoms with Gasteiger partial charge in [0, 0.05) is 6.42 Å². The maximum absolute atomic E-state index is 13.5. The van der Waals surface area contributed by atoms with E-state index in [2.05, 4.69) is 4.72 Å². The van der Waals surface area contributed by atoms with Crippen LogP contribution < -0.4 is 4.72 Å². The van der Waals surface area contributed by atoms with Gasteiger partial charge in [0.15, 0.2) is 12.1 Å². The lowest BCUT2D eigenvalue weighted by Crippen LogP contribution is -2.47. The fraction of sp³-hybridized carbons (Fsp3) is 0.259. The largest absolute Gasteiger partial charge is 0.465 e. The molecule has 3 aromatic carbocycles. The van der Waals surface area contributed by atoms with Crippen molar-refractivity contribution in [3.8, 4) is 11.1 Å². The Labute approximate surface area is 205 Å². The van der Waals surface area contributed by atoms with Gasteiger partial charge in [0.2, 0.25) is 10.0 Å². The summed E-state index contributed by atoms with van der Waals surface area (Å²) < 4.78 is 40.1. The van der Waals surface area contributed by atoms with Crippen molar-refractivity contribution in [3.05, 3.63) is 89.5 Å². The van der Waals surface area contributed by atoms with E-state index in [4.69, 9.17) is 9.47 Å². The van der Waals surface area contributed by atoms with Gasteiger partial charge in [-0.3, -0.25) is 9.59 Å². The van der Waals surface area contributed by atoms with E-state index in [-0.39, 0.29) is 17.9 Å². The topological polar surface area (TPSA) is 98.8 Å². The van der Waals surface area contributed by atoms with Gasteiger partial charge >= 0.3 is 11.9 Å². The average molecular weight is 494 g/mol. The third-order valence-electron chi connectivity index (χ3n) is 5.88. The van der Waals surface area contributed by atoms with Crippen LogP contribution in [0.2, 0.25) is 0 Å². The maximum Gasteiger partial charge on any atom is 0.328 e. The smallest absolute Gasteiger partial charge is 0.328 e. The number of rotatable bonds is 9. The average Bonchev–Trinajstić information content (AvgIpc) is 3.24. The van der Waals surface area contributed by atoms with Crippen LogP contribution in [0, 0.1) is 0 Å². The highest BCUT2D eigenvalue weighted by Gasteiger charge is 2.38. The summed E-state index contributed by atoms with van der Waals surface area (Å²) in [7, 11) is -4.17. The van der Waals surface area contributed by atoms with Crippen molar-refractivity contribution in [2.24, 2.45) is 0 Å². The van der Waals surface area contributed by atoms with Crippen molar-refractivity contribution in [3.63, 3.8) is 0 Å². The van der Waals surface area contributed by atoms with Crippen molar-refractivity contribution >= 4 is 22.0 Å². The molecule has 0 fully saturated rings. The van der Waals surface area contributed by atoms with Gasteiger partial charge in [-0.1, -0.05) is 67.6 Å². The standard InChI is InChI=1S/C27H27NO6S/c1-3-24(29)34-26(18-10-6-5-7-11-18)25(27(30)33-4-2)28-35(31,32)21-14-15-23-20(17-21)16-19-12-8-9-13-22(19)23/h5-15,17,25-26,28H,3-4,16H2,1-2H3/t25-,26+/m1/s1. The van der Waals surface area contributed by atoms with Crippen molar-refractivity contribution in [1.82, 2.24) is 4.72 Å². The molecule has 7 nitrogen and oxygen atoms in total. The Morgan fingerprint density at radius 3 is 2.31 bits per heavy atom. The van der Waals surface area contributed by atoms with Gasteiger partial charge in [-0.2, -0.15) is 4.72 Å². The molecule has 0 saturated carbocycles. The van der Waals surface area contributed by atoms with Gasteiger partial charge in [0.25, 0.3) is 0 Å². The van der Waals surface area contributed by atoms with E-state index >= 15 is 0 Å². The minimum absolute atomic E-state index is 0.0204. The SMILES string of the molecule is CCOC(=O)[C@H](NS(=O)(=O)c1ccc2c(c1)Cc1ccccc1-2)[C@@H](OC(=O)CC)c1ccccc1. The number of carbonyl (C=O) groups is 2. The monoisotopic (exact) mass is 493 g/mol. The van der Waals surface area contributed by atoms with Gasteiger partial charge in [0.05, 0.1) is 11.5 Å². The minimum atomic E-state index is -4.17. The predicted octanol–water partition coefficient (Wildman–Crippen LogP) is 4.16. The summed E-state index contributed by atoms with van der Waals surface area (Å²) in [6, 6.07) is 19.9. The van der Waals surface area contributed by atoms with Gasteiger partial charge in [-0.15, -0.1) is 0 Å². The molecule has 0 aromatic heterocycles. The molecule has 1 aliphatic rings. The highest BCUT2D eigenvalue weighted by atomic mass is 32.2. The Balaban J connectivity index is 1.69. The summed E-state index contributed by atoms with van der Waals surface area (Å²) >= 11 is 0. The molecule has 0 bridgehead atoms. The predicted molar refractivity (Wildman–Crippen MR) is 131 cm³/mol. The van der Waals surface area contributed by atoms with E-state index in [0.29, 0.717) is 12.0 Å². The van der Waals surface area contributed by atoms with Crippen molar-refractivity contribution in [2.45, 2.75) is 43.7 Å². The molecule has 182 valence electrons. The summed E-state index contributed by atoms with van der Waals surface area (Å²) in [4.78, 5) is 25.2. The first-order valence-electron chi connectivity index (χ1n) is 11.5. The number of sulfonamides is 1. The molecule has 3 aromatic rings. The van der Waals surface area contributed by atoms with E-state index in [1.807, 2.05) is 24.3 Å². The Hall–Kier alpha value is -3.49. The van der Waals surface area contributed by atoms with Crippen LogP contribution in [0.15, 0.2) is 77.7 Å². The first-order chi connectivity index (χ1) is 16.8. The van der Waals surface area contributed by atoms with Crippen molar-refractivity contribution in [1.29, 1.82) is 0 Å². The molecular weight excluding hydrogens is 466 g/mol. The van der Waals surface area contributed by atoms with E-state index < -0.39 is 34.1 Å². The van der Waals surface area contributed by atoms with Crippen LogP contribution in [-0.2, 0) is 35.5 Å². The Morgan fingerprint density at radius 1 is 0.914 bits per heavy atom. The van der Waals surface area contributed by atoms with E-state index in [1.165, 1.54) is 6.07 Å². The lowest BCUT2D eigenvalue weighted by molar-refractivity contribution is -0.158. The van der Waals surface area contributed by atoms with Crippen LogP contribution in [-0.4, -0.2) is 33.0 Å². The Bertz CT molecular complexity index is 1340. The number of carbonyl (C=O) groups excluding carboxylic acids is 2. The molecule has 0 radical (unpaired) electrons. The molecular formula is C27H27NO6S. The number of nitrogens with one attached hydrogen (secondary N) is 1. The number of hydrogen-bond donors (Lipinski definition) is 1. The van der Waals surface area contributed by atoms with Crippen LogP contribution in [0.25, 0.3) is 11.1 Å². The number of ether oxygens (including phenoxy) is 2. The lowest BCUT2D eigenvalue weighted by Gasteiger charge is -2.26. The van der Waals surface area contributed by atoms with Crippen LogP contribution in [0.5, 0.6) is 0 Å². The van der Waals surface area contributed by atoms with E-state index in [1.54, 1.807) is 56.3 Å². The number of esters is 2. The number of fused-ring (bicyclic) bond motifs is 3. The summed E-state index contributed by atoms with van der Waals surface area (Å²) in [5.74, 6) is -1.40. The van der Waals surface area contributed by atoms with Crippen molar-refractivity contribution < 1.29 is 27.5 Å².